The van der Waals surface area contributed by atoms with Crippen molar-refractivity contribution in [3.05, 3.63) is 29.6 Å². The van der Waals surface area contributed by atoms with Crippen LogP contribution in [0.5, 0.6) is 0 Å². The van der Waals surface area contributed by atoms with Gasteiger partial charge < -0.3 is 10.8 Å². The Balaban J connectivity index is 3.16. The van der Waals surface area contributed by atoms with Gasteiger partial charge in [-0.15, -0.1) is 0 Å². The zero-order chi connectivity index (χ0) is 10.0. The zero-order valence-electron chi connectivity index (χ0n) is 6.45. The highest BCUT2D eigenvalue weighted by Crippen LogP contribution is 2.13. The van der Waals surface area contributed by atoms with Gasteiger partial charge in [0.15, 0.2) is 0 Å². The summed E-state index contributed by atoms with van der Waals surface area (Å²) in [6.45, 7) is 0. The molecule has 0 bridgehead atoms. The Morgan fingerprint density at radius 2 is 2.00 bits per heavy atom. The van der Waals surface area contributed by atoms with Crippen LogP contribution < -0.4 is 5.73 Å². The molecule has 1 aromatic rings. The average Bonchev–Trinajstić information content (AvgIpc) is 2.03. The molecule has 13 heavy (non-hydrogen) atoms. The fourth-order valence-electron chi connectivity index (χ4n) is 0.856. The average molecular weight is 183 g/mol. The fourth-order valence-corrected chi connectivity index (χ4v) is 0.856. The van der Waals surface area contributed by atoms with Crippen LogP contribution in [0.2, 0.25) is 0 Å². The third kappa shape index (κ3) is 1.81. The lowest BCUT2D eigenvalue weighted by Crippen LogP contribution is -2.14. The molecule has 0 aliphatic heterocycles. The lowest BCUT2D eigenvalue weighted by atomic mass is 10.1. The monoisotopic (exact) mass is 183 g/mol. The summed E-state index contributed by atoms with van der Waals surface area (Å²) in [4.78, 5) is 21.1. The SMILES string of the molecule is Nc1cc(F)ccc1C(=O)C(=O)O. The molecule has 0 amide bonds. The predicted molar refractivity (Wildman–Crippen MR) is 42.8 cm³/mol. The van der Waals surface area contributed by atoms with Crippen molar-refractivity contribution in [2.24, 2.45) is 0 Å². The molecular weight excluding hydrogens is 177 g/mol. The number of nitrogens with two attached hydrogens (primary N) is 1. The number of halogens is 1. The van der Waals surface area contributed by atoms with Gasteiger partial charge in [0.25, 0.3) is 5.78 Å². The summed E-state index contributed by atoms with van der Waals surface area (Å²) in [5, 5.41) is 8.33. The standard InChI is InChI=1S/C8H6FNO3/c9-4-1-2-5(6(10)3-4)7(11)8(12)13/h1-3H,10H2,(H,12,13). The minimum atomic E-state index is -1.61. The molecule has 0 spiro atoms. The quantitative estimate of drug-likeness (QED) is 0.401. The van der Waals surface area contributed by atoms with E-state index in [4.69, 9.17) is 10.8 Å². The maximum Gasteiger partial charge on any atom is 0.377 e. The van der Waals surface area contributed by atoms with E-state index in [9.17, 15) is 14.0 Å². The third-order valence-corrected chi connectivity index (χ3v) is 1.45. The first-order valence-corrected chi connectivity index (χ1v) is 3.35. The Kier molecular flexibility index (Phi) is 2.27. The Labute approximate surface area is 72.8 Å². The molecule has 0 saturated carbocycles. The van der Waals surface area contributed by atoms with Crippen molar-refractivity contribution in [2.45, 2.75) is 0 Å². The first-order valence-electron chi connectivity index (χ1n) is 3.35. The van der Waals surface area contributed by atoms with Crippen molar-refractivity contribution in [3.8, 4) is 0 Å². The van der Waals surface area contributed by atoms with E-state index in [2.05, 4.69) is 0 Å². The van der Waals surface area contributed by atoms with Crippen molar-refractivity contribution < 1.29 is 19.1 Å². The van der Waals surface area contributed by atoms with E-state index < -0.39 is 17.6 Å². The number of aliphatic carboxylic acids is 1. The fraction of sp³-hybridized carbons (Fsp3) is 0. The minimum Gasteiger partial charge on any atom is -0.475 e. The minimum absolute atomic E-state index is 0.174. The third-order valence-electron chi connectivity index (χ3n) is 1.45. The highest BCUT2D eigenvalue weighted by Gasteiger charge is 2.17. The van der Waals surface area contributed by atoms with Crippen LogP contribution >= 0.6 is 0 Å². The Morgan fingerprint density at radius 3 is 2.46 bits per heavy atom. The lowest BCUT2D eigenvalue weighted by molar-refractivity contribution is -0.131. The Hall–Kier alpha value is -1.91. The van der Waals surface area contributed by atoms with Gasteiger partial charge in [-0.1, -0.05) is 0 Å². The highest BCUT2D eigenvalue weighted by atomic mass is 19.1. The molecule has 0 radical (unpaired) electrons. The Bertz CT molecular complexity index is 376. The Morgan fingerprint density at radius 1 is 1.38 bits per heavy atom. The molecule has 1 rings (SSSR count). The van der Waals surface area contributed by atoms with Gasteiger partial charge in [-0.2, -0.15) is 0 Å². The number of hydrogen-bond acceptors (Lipinski definition) is 3. The van der Waals surface area contributed by atoms with Gasteiger partial charge in [-0.3, -0.25) is 4.79 Å². The lowest BCUT2D eigenvalue weighted by Gasteiger charge is -2.00. The number of benzene rings is 1. The van der Waals surface area contributed by atoms with Gasteiger partial charge in [0.2, 0.25) is 0 Å². The summed E-state index contributed by atoms with van der Waals surface area (Å²) in [6, 6.07) is 2.92. The van der Waals surface area contributed by atoms with Crippen molar-refractivity contribution in [1.82, 2.24) is 0 Å². The van der Waals surface area contributed by atoms with Crippen LogP contribution in [0.15, 0.2) is 18.2 Å². The first-order chi connectivity index (χ1) is 6.02. The predicted octanol–water partition coefficient (Wildman–Crippen LogP) is 0.675. The number of carboxylic acids is 1. The van der Waals surface area contributed by atoms with Gasteiger partial charge in [0, 0.05) is 5.69 Å². The molecule has 0 atom stereocenters. The second kappa shape index (κ2) is 3.22. The first kappa shape index (κ1) is 9.18. The summed E-state index contributed by atoms with van der Waals surface area (Å²) in [6.07, 6.45) is 0. The van der Waals surface area contributed by atoms with Crippen molar-refractivity contribution >= 4 is 17.4 Å². The molecule has 1 aromatic carbocycles. The van der Waals surface area contributed by atoms with Crippen molar-refractivity contribution in [2.75, 3.05) is 5.73 Å². The molecule has 3 N–H and O–H groups in total. The molecule has 0 unspecified atom stereocenters. The van der Waals surface area contributed by atoms with Crippen LogP contribution in [0.25, 0.3) is 0 Å². The van der Waals surface area contributed by atoms with E-state index >= 15 is 0 Å². The number of anilines is 1. The van der Waals surface area contributed by atoms with Crippen LogP contribution in [0.1, 0.15) is 10.4 Å². The molecule has 0 saturated heterocycles. The number of nitrogen functional groups attached to an aromatic ring is 1. The van der Waals surface area contributed by atoms with Gasteiger partial charge >= 0.3 is 5.97 Å². The van der Waals surface area contributed by atoms with E-state index in [1.807, 2.05) is 0 Å². The van der Waals surface area contributed by atoms with E-state index in [0.29, 0.717) is 0 Å². The van der Waals surface area contributed by atoms with Crippen LogP contribution in [0.3, 0.4) is 0 Å². The van der Waals surface area contributed by atoms with Gasteiger partial charge in [-0.05, 0) is 18.2 Å². The maximum atomic E-state index is 12.5. The molecule has 0 heterocycles. The van der Waals surface area contributed by atoms with Gasteiger partial charge in [-0.25, -0.2) is 9.18 Å². The normalized spacial score (nSPS) is 9.62. The highest BCUT2D eigenvalue weighted by molar-refractivity contribution is 6.41. The molecule has 5 heteroatoms. The topological polar surface area (TPSA) is 80.4 Å². The van der Waals surface area contributed by atoms with Crippen LogP contribution in [-0.4, -0.2) is 16.9 Å². The van der Waals surface area contributed by atoms with Crippen molar-refractivity contribution in [3.63, 3.8) is 0 Å². The number of carbonyl (C=O) groups excluding carboxylic acids is 1. The summed E-state index contributed by atoms with van der Waals surface area (Å²) < 4.78 is 12.5. The summed E-state index contributed by atoms with van der Waals surface area (Å²) >= 11 is 0. The molecule has 0 aliphatic rings. The number of carbonyl (C=O) groups is 2. The molecule has 4 nitrogen and oxygen atoms in total. The summed E-state index contributed by atoms with van der Waals surface area (Å²) in [5.74, 6) is -3.37. The zero-order valence-corrected chi connectivity index (χ0v) is 6.45. The van der Waals surface area contributed by atoms with E-state index in [1.165, 1.54) is 0 Å². The van der Waals surface area contributed by atoms with Crippen molar-refractivity contribution in [1.29, 1.82) is 0 Å². The van der Waals surface area contributed by atoms with Gasteiger partial charge in [0.1, 0.15) is 5.82 Å². The van der Waals surface area contributed by atoms with E-state index in [0.717, 1.165) is 18.2 Å². The summed E-state index contributed by atoms with van der Waals surface area (Å²) in [5.41, 5.74) is 4.86. The number of hydrogen-bond donors (Lipinski definition) is 2. The van der Waals surface area contributed by atoms with Crippen LogP contribution in [0.4, 0.5) is 10.1 Å². The molecule has 0 aliphatic carbocycles. The second-order valence-corrected chi connectivity index (χ2v) is 2.37. The molecule has 0 aromatic heterocycles. The van der Waals surface area contributed by atoms with Gasteiger partial charge in [0.05, 0.1) is 5.56 Å². The van der Waals surface area contributed by atoms with Crippen LogP contribution in [-0.2, 0) is 4.79 Å². The largest absolute Gasteiger partial charge is 0.475 e. The maximum absolute atomic E-state index is 12.5. The van der Waals surface area contributed by atoms with E-state index in [1.54, 1.807) is 0 Å². The number of carboxylic acid groups (broad SMARTS) is 1. The number of rotatable bonds is 2. The number of ketones is 1. The molecular formula is C8H6FNO3. The van der Waals surface area contributed by atoms with E-state index in [-0.39, 0.29) is 11.3 Å². The smallest absolute Gasteiger partial charge is 0.377 e. The number of Topliss-reactive ketones (excluding diaryl/α,β-unsaturated/α-hetero) is 1. The van der Waals surface area contributed by atoms with Crippen LogP contribution in [0, 0.1) is 5.82 Å². The molecule has 68 valence electrons. The molecule has 0 fully saturated rings. The summed E-state index contributed by atoms with van der Waals surface area (Å²) in [7, 11) is 0. The second-order valence-electron chi connectivity index (χ2n) is 2.37.